The molecule has 1 aromatic carbocycles. The third kappa shape index (κ3) is 7.70. The molecule has 1 heterocycles. The van der Waals surface area contributed by atoms with Gasteiger partial charge in [0.1, 0.15) is 5.75 Å². The molecule has 0 spiro atoms. The highest BCUT2D eigenvalue weighted by molar-refractivity contribution is 14.0. The largest absolute Gasteiger partial charge is 0.496 e. The molecule has 0 aliphatic carbocycles. The van der Waals surface area contributed by atoms with Gasteiger partial charge in [-0.15, -0.1) is 24.0 Å². The minimum Gasteiger partial charge on any atom is -0.496 e. The Balaban J connectivity index is 0.00000338. The molecule has 0 saturated carbocycles. The molecule has 1 atom stereocenters. The van der Waals surface area contributed by atoms with Crippen LogP contribution in [0.1, 0.15) is 30.9 Å². The Hall–Kier alpha value is -1.02. The predicted octanol–water partition coefficient (Wildman–Crippen LogP) is 3.06. The van der Waals surface area contributed by atoms with Crippen LogP contribution in [0, 0.1) is 12.8 Å². The van der Waals surface area contributed by atoms with Gasteiger partial charge in [0.05, 0.1) is 7.11 Å². The van der Waals surface area contributed by atoms with Crippen molar-refractivity contribution in [3.63, 3.8) is 0 Å². The molecule has 5 nitrogen and oxygen atoms in total. The van der Waals surface area contributed by atoms with Crippen LogP contribution in [0.2, 0.25) is 0 Å². The maximum atomic E-state index is 5.45. The summed E-state index contributed by atoms with van der Waals surface area (Å²) in [5, 5.41) is 6.86. The van der Waals surface area contributed by atoms with E-state index in [0.29, 0.717) is 5.92 Å². The number of nitrogens with one attached hydrogen (secondary N) is 2. The lowest BCUT2D eigenvalue weighted by molar-refractivity contribution is 0.287. The van der Waals surface area contributed by atoms with E-state index in [1.807, 2.05) is 13.1 Å². The molecule has 1 aliphatic rings. The molecule has 1 unspecified atom stereocenters. The summed E-state index contributed by atoms with van der Waals surface area (Å²) in [6.07, 6.45) is 3.62. The summed E-state index contributed by atoms with van der Waals surface area (Å²) in [6, 6.07) is 6.31. The van der Waals surface area contributed by atoms with Gasteiger partial charge in [-0.1, -0.05) is 24.6 Å². The minimum atomic E-state index is 0. The zero-order chi connectivity index (χ0) is 18.1. The molecule has 1 fully saturated rings. The predicted molar refractivity (Wildman–Crippen MR) is 121 cm³/mol. The quantitative estimate of drug-likeness (QED) is 0.346. The van der Waals surface area contributed by atoms with Crippen molar-refractivity contribution < 1.29 is 4.74 Å². The number of nitrogens with zero attached hydrogens (tertiary/aromatic N) is 2. The molecule has 2 rings (SSSR count). The molecule has 1 aromatic rings. The van der Waals surface area contributed by atoms with Crippen LogP contribution in [0.25, 0.3) is 0 Å². The standard InChI is InChI=1S/C20H34N4O.HI/c1-16-7-8-19(25-4)18(13-16)9-10-22-20(21-3)23-14-17(2)15-24-11-5-6-12-24;/h7-8,13,17H,5-6,9-12,14-15H2,1-4H3,(H2,21,22,23);1H. The maximum absolute atomic E-state index is 5.45. The first kappa shape index (κ1) is 23.0. The number of methoxy groups -OCH3 is 1. The van der Waals surface area contributed by atoms with Gasteiger partial charge in [0.25, 0.3) is 0 Å². The maximum Gasteiger partial charge on any atom is 0.190 e. The second kappa shape index (κ2) is 12.4. The SMILES string of the molecule is CN=C(NCCc1cc(C)ccc1OC)NCC(C)CN1CCCC1.I. The lowest BCUT2D eigenvalue weighted by Crippen LogP contribution is -2.42. The number of ether oxygens (including phenoxy) is 1. The molecule has 1 aliphatic heterocycles. The van der Waals surface area contributed by atoms with Crippen LogP contribution in [0.3, 0.4) is 0 Å². The van der Waals surface area contributed by atoms with E-state index in [2.05, 4.69) is 46.5 Å². The molecule has 0 aromatic heterocycles. The molecular weight excluding hydrogens is 439 g/mol. The third-order valence-corrected chi connectivity index (χ3v) is 4.73. The monoisotopic (exact) mass is 474 g/mol. The second-order valence-corrected chi connectivity index (χ2v) is 7.06. The Bertz CT molecular complexity index is 559. The fraction of sp³-hybridized carbons (Fsp3) is 0.650. The average molecular weight is 474 g/mol. The second-order valence-electron chi connectivity index (χ2n) is 7.06. The number of rotatable bonds is 8. The number of halogens is 1. The highest BCUT2D eigenvalue weighted by atomic mass is 127. The summed E-state index contributed by atoms with van der Waals surface area (Å²) < 4.78 is 5.45. The Kier molecular flexibility index (Phi) is 11.0. The van der Waals surface area contributed by atoms with Crippen molar-refractivity contribution in [3.05, 3.63) is 29.3 Å². The molecule has 0 amide bonds. The number of hydrogen-bond acceptors (Lipinski definition) is 3. The van der Waals surface area contributed by atoms with E-state index < -0.39 is 0 Å². The number of aliphatic imine (C=N–C) groups is 1. The zero-order valence-electron chi connectivity index (χ0n) is 16.7. The topological polar surface area (TPSA) is 48.9 Å². The molecule has 1 saturated heterocycles. The Morgan fingerprint density at radius 2 is 2.00 bits per heavy atom. The summed E-state index contributed by atoms with van der Waals surface area (Å²) in [4.78, 5) is 6.89. The van der Waals surface area contributed by atoms with Gasteiger partial charge in [-0.25, -0.2) is 0 Å². The van der Waals surface area contributed by atoms with Crippen molar-refractivity contribution in [1.29, 1.82) is 0 Å². The Labute approximate surface area is 176 Å². The van der Waals surface area contributed by atoms with Crippen LogP contribution in [0.15, 0.2) is 23.2 Å². The van der Waals surface area contributed by atoms with Gasteiger partial charge in [-0.05, 0) is 56.8 Å². The summed E-state index contributed by atoms with van der Waals surface area (Å²) in [5.74, 6) is 2.45. The van der Waals surface area contributed by atoms with E-state index >= 15 is 0 Å². The first-order valence-corrected chi connectivity index (χ1v) is 9.42. The van der Waals surface area contributed by atoms with Gasteiger partial charge in [0.2, 0.25) is 0 Å². The lowest BCUT2D eigenvalue weighted by Gasteiger charge is -2.21. The van der Waals surface area contributed by atoms with Crippen LogP contribution in [0.5, 0.6) is 5.75 Å². The number of benzene rings is 1. The fourth-order valence-corrected chi connectivity index (χ4v) is 3.38. The van der Waals surface area contributed by atoms with Crippen LogP contribution in [0.4, 0.5) is 0 Å². The van der Waals surface area contributed by atoms with Crippen LogP contribution in [-0.2, 0) is 6.42 Å². The van der Waals surface area contributed by atoms with Crippen LogP contribution < -0.4 is 15.4 Å². The van der Waals surface area contributed by atoms with E-state index in [4.69, 9.17) is 4.74 Å². The molecular formula is C20H35IN4O. The van der Waals surface area contributed by atoms with Gasteiger partial charge in [0.15, 0.2) is 5.96 Å². The minimum absolute atomic E-state index is 0. The zero-order valence-corrected chi connectivity index (χ0v) is 19.0. The van der Waals surface area contributed by atoms with Crippen molar-refractivity contribution >= 4 is 29.9 Å². The molecule has 2 N–H and O–H groups in total. The fourth-order valence-electron chi connectivity index (χ4n) is 3.38. The number of guanidine groups is 1. The summed E-state index contributed by atoms with van der Waals surface area (Å²) in [5.41, 5.74) is 2.49. The van der Waals surface area contributed by atoms with Crippen LogP contribution in [-0.4, -0.2) is 57.7 Å². The molecule has 0 radical (unpaired) electrons. The van der Waals surface area contributed by atoms with Crippen molar-refractivity contribution in [2.24, 2.45) is 10.9 Å². The van der Waals surface area contributed by atoms with Gasteiger partial charge >= 0.3 is 0 Å². The molecule has 0 bridgehead atoms. The number of hydrogen-bond donors (Lipinski definition) is 2. The van der Waals surface area contributed by atoms with E-state index in [-0.39, 0.29) is 24.0 Å². The number of likely N-dealkylation sites (tertiary alicyclic amines) is 1. The van der Waals surface area contributed by atoms with E-state index in [9.17, 15) is 0 Å². The molecule has 26 heavy (non-hydrogen) atoms. The Morgan fingerprint density at radius 1 is 1.27 bits per heavy atom. The van der Waals surface area contributed by atoms with Crippen molar-refractivity contribution in [2.45, 2.75) is 33.1 Å². The smallest absolute Gasteiger partial charge is 0.190 e. The third-order valence-electron chi connectivity index (χ3n) is 4.73. The lowest BCUT2D eigenvalue weighted by atomic mass is 10.1. The van der Waals surface area contributed by atoms with E-state index in [1.165, 1.54) is 43.6 Å². The average Bonchev–Trinajstić information content (AvgIpc) is 3.11. The van der Waals surface area contributed by atoms with Gasteiger partial charge in [-0.3, -0.25) is 4.99 Å². The van der Waals surface area contributed by atoms with E-state index in [1.54, 1.807) is 7.11 Å². The van der Waals surface area contributed by atoms with Crippen molar-refractivity contribution in [3.8, 4) is 5.75 Å². The first-order valence-electron chi connectivity index (χ1n) is 9.42. The van der Waals surface area contributed by atoms with Crippen molar-refractivity contribution in [2.75, 3.05) is 46.9 Å². The summed E-state index contributed by atoms with van der Waals surface area (Å²) in [6.45, 7) is 9.88. The van der Waals surface area contributed by atoms with Gasteiger partial charge in [-0.2, -0.15) is 0 Å². The van der Waals surface area contributed by atoms with Gasteiger partial charge in [0, 0.05) is 26.7 Å². The molecule has 6 heteroatoms. The summed E-state index contributed by atoms with van der Waals surface area (Å²) in [7, 11) is 3.55. The Morgan fingerprint density at radius 3 is 2.65 bits per heavy atom. The highest BCUT2D eigenvalue weighted by Gasteiger charge is 2.14. The van der Waals surface area contributed by atoms with Gasteiger partial charge < -0.3 is 20.3 Å². The van der Waals surface area contributed by atoms with E-state index in [0.717, 1.165) is 31.2 Å². The van der Waals surface area contributed by atoms with Crippen molar-refractivity contribution in [1.82, 2.24) is 15.5 Å². The molecule has 148 valence electrons. The summed E-state index contributed by atoms with van der Waals surface area (Å²) >= 11 is 0. The first-order chi connectivity index (χ1) is 12.1. The number of aryl methyl sites for hydroxylation is 1. The van der Waals surface area contributed by atoms with Crippen LogP contribution >= 0.6 is 24.0 Å². The normalized spacial score (nSPS) is 16.1. The highest BCUT2D eigenvalue weighted by Crippen LogP contribution is 2.19.